The molecular formula is C16H30N2O3. The molecule has 0 bridgehead atoms. The molecular weight excluding hydrogens is 268 g/mol. The number of nitrogens with zero attached hydrogens (tertiary/aromatic N) is 2. The fourth-order valence-electron chi connectivity index (χ4n) is 3.38. The van der Waals surface area contributed by atoms with E-state index in [4.69, 9.17) is 4.74 Å². The first-order valence-electron chi connectivity index (χ1n) is 8.45. The highest BCUT2D eigenvalue weighted by atomic mass is 16.5. The number of carbonyl (C=O) groups excluding carboxylic acids is 1. The topological polar surface area (TPSA) is 53.0 Å². The molecule has 0 radical (unpaired) electrons. The van der Waals surface area contributed by atoms with Crippen molar-refractivity contribution in [2.45, 2.75) is 45.1 Å². The number of ether oxygens (including phenoxy) is 1. The maximum Gasteiger partial charge on any atom is 0.222 e. The summed E-state index contributed by atoms with van der Waals surface area (Å²) in [5.74, 6) is 0.958. The van der Waals surface area contributed by atoms with Crippen molar-refractivity contribution in [1.29, 1.82) is 0 Å². The second-order valence-electron chi connectivity index (χ2n) is 6.35. The lowest BCUT2D eigenvalue weighted by atomic mass is 10.0. The standard InChI is InChI=1S/C16H30N2O3/c1-2-21-13-15(19)12-17-7-9-18(10-8-17)16(20)11-14-5-3-4-6-14/h14-15,19H,2-13H2,1H3/t15-/m1/s1. The summed E-state index contributed by atoms with van der Waals surface area (Å²) in [5, 5.41) is 9.85. The maximum absolute atomic E-state index is 12.3. The Hall–Kier alpha value is -0.650. The fraction of sp³-hybridized carbons (Fsp3) is 0.938. The van der Waals surface area contributed by atoms with Crippen LogP contribution >= 0.6 is 0 Å². The molecule has 1 saturated heterocycles. The van der Waals surface area contributed by atoms with E-state index in [1.807, 2.05) is 11.8 Å². The van der Waals surface area contributed by atoms with Crippen LogP contribution < -0.4 is 0 Å². The third-order valence-electron chi connectivity index (χ3n) is 4.65. The molecule has 122 valence electrons. The lowest BCUT2D eigenvalue weighted by molar-refractivity contribution is -0.134. The molecule has 1 atom stereocenters. The first-order chi connectivity index (χ1) is 10.2. The molecule has 1 N–H and O–H groups in total. The van der Waals surface area contributed by atoms with Crippen molar-refractivity contribution in [3.05, 3.63) is 0 Å². The number of aliphatic hydroxyl groups excluding tert-OH is 1. The van der Waals surface area contributed by atoms with E-state index < -0.39 is 6.10 Å². The van der Waals surface area contributed by atoms with Gasteiger partial charge >= 0.3 is 0 Å². The van der Waals surface area contributed by atoms with E-state index in [1.165, 1.54) is 25.7 Å². The van der Waals surface area contributed by atoms with Crippen molar-refractivity contribution in [1.82, 2.24) is 9.80 Å². The molecule has 5 heteroatoms. The third kappa shape index (κ3) is 5.57. The van der Waals surface area contributed by atoms with E-state index in [-0.39, 0.29) is 0 Å². The van der Waals surface area contributed by atoms with Gasteiger partial charge in [0.25, 0.3) is 0 Å². The van der Waals surface area contributed by atoms with Gasteiger partial charge in [0.1, 0.15) is 0 Å². The molecule has 1 amide bonds. The third-order valence-corrected chi connectivity index (χ3v) is 4.65. The van der Waals surface area contributed by atoms with Crippen molar-refractivity contribution >= 4 is 5.91 Å². The van der Waals surface area contributed by atoms with E-state index in [2.05, 4.69) is 4.90 Å². The average Bonchev–Trinajstić information content (AvgIpc) is 2.98. The van der Waals surface area contributed by atoms with Crippen LogP contribution in [-0.4, -0.2) is 72.9 Å². The van der Waals surface area contributed by atoms with E-state index >= 15 is 0 Å². The zero-order valence-electron chi connectivity index (χ0n) is 13.3. The molecule has 1 saturated carbocycles. The summed E-state index contributed by atoms with van der Waals surface area (Å²) >= 11 is 0. The Balaban J connectivity index is 1.64. The Labute approximate surface area is 128 Å². The maximum atomic E-state index is 12.3. The van der Waals surface area contributed by atoms with Gasteiger partial charge < -0.3 is 14.7 Å². The predicted octanol–water partition coefficient (Wildman–Crippen LogP) is 1.11. The van der Waals surface area contributed by atoms with Crippen LogP contribution in [0.1, 0.15) is 39.0 Å². The molecule has 0 unspecified atom stereocenters. The number of piperazine rings is 1. The lowest BCUT2D eigenvalue weighted by Crippen LogP contribution is -2.51. The molecule has 5 nitrogen and oxygen atoms in total. The highest BCUT2D eigenvalue weighted by Gasteiger charge is 2.25. The Morgan fingerprint density at radius 1 is 1.24 bits per heavy atom. The van der Waals surface area contributed by atoms with Crippen LogP contribution in [0.2, 0.25) is 0 Å². The molecule has 0 aromatic carbocycles. The van der Waals surface area contributed by atoms with Crippen LogP contribution in [0.3, 0.4) is 0 Å². The first-order valence-corrected chi connectivity index (χ1v) is 8.45. The Morgan fingerprint density at radius 2 is 1.90 bits per heavy atom. The van der Waals surface area contributed by atoms with Crippen molar-refractivity contribution in [2.24, 2.45) is 5.92 Å². The number of hydrogen-bond donors (Lipinski definition) is 1. The zero-order valence-corrected chi connectivity index (χ0v) is 13.3. The van der Waals surface area contributed by atoms with Crippen molar-refractivity contribution in [3.63, 3.8) is 0 Å². The Bertz CT molecular complexity index is 311. The summed E-state index contributed by atoms with van der Waals surface area (Å²) in [4.78, 5) is 16.5. The SMILES string of the molecule is CCOC[C@H](O)CN1CCN(C(=O)CC2CCCC2)CC1. The summed E-state index contributed by atoms with van der Waals surface area (Å²) in [7, 11) is 0. The van der Waals surface area contributed by atoms with Gasteiger partial charge in [-0.25, -0.2) is 0 Å². The van der Waals surface area contributed by atoms with Gasteiger partial charge in [0.05, 0.1) is 12.7 Å². The minimum absolute atomic E-state index is 0.330. The highest BCUT2D eigenvalue weighted by molar-refractivity contribution is 5.76. The van der Waals surface area contributed by atoms with Gasteiger partial charge in [-0.3, -0.25) is 9.69 Å². The van der Waals surface area contributed by atoms with Crippen LogP contribution in [0.15, 0.2) is 0 Å². The van der Waals surface area contributed by atoms with E-state index in [9.17, 15) is 9.90 Å². The van der Waals surface area contributed by atoms with E-state index in [0.29, 0.717) is 31.6 Å². The van der Waals surface area contributed by atoms with Crippen molar-refractivity contribution in [3.8, 4) is 0 Å². The number of rotatable bonds is 7. The molecule has 2 rings (SSSR count). The number of β-amino-alcohol motifs (C(OH)–C–C–N with tert-alkyl or cyclic N) is 1. The molecule has 1 aliphatic carbocycles. The van der Waals surface area contributed by atoms with Gasteiger partial charge in [-0.1, -0.05) is 12.8 Å². The van der Waals surface area contributed by atoms with Gasteiger partial charge in [-0.2, -0.15) is 0 Å². The lowest BCUT2D eigenvalue weighted by Gasteiger charge is -2.36. The summed E-state index contributed by atoms with van der Waals surface area (Å²) in [6.07, 6.45) is 5.37. The molecule has 0 aromatic heterocycles. The van der Waals surface area contributed by atoms with Crippen LogP contribution in [0.4, 0.5) is 0 Å². The summed E-state index contributed by atoms with van der Waals surface area (Å²) in [6, 6.07) is 0. The number of hydrogen-bond acceptors (Lipinski definition) is 4. The molecule has 1 aliphatic heterocycles. The Kier molecular flexibility index (Phi) is 6.93. The predicted molar refractivity (Wildman–Crippen MR) is 82.1 cm³/mol. The van der Waals surface area contributed by atoms with Crippen LogP contribution in [0.25, 0.3) is 0 Å². The summed E-state index contributed by atoms with van der Waals surface area (Å²) in [5.41, 5.74) is 0. The van der Waals surface area contributed by atoms with Crippen LogP contribution in [0.5, 0.6) is 0 Å². The first kappa shape index (κ1) is 16.7. The monoisotopic (exact) mass is 298 g/mol. The van der Waals surface area contributed by atoms with Gasteiger partial charge in [0.15, 0.2) is 0 Å². The highest BCUT2D eigenvalue weighted by Crippen LogP contribution is 2.28. The van der Waals surface area contributed by atoms with Crippen molar-refractivity contribution in [2.75, 3.05) is 45.9 Å². The Morgan fingerprint density at radius 3 is 2.52 bits per heavy atom. The molecule has 1 heterocycles. The van der Waals surface area contributed by atoms with Crippen LogP contribution in [-0.2, 0) is 9.53 Å². The fourth-order valence-corrected chi connectivity index (χ4v) is 3.38. The van der Waals surface area contributed by atoms with E-state index in [0.717, 1.165) is 32.6 Å². The summed E-state index contributed by atoms with van der Waals surface area (Å²) < 4.78 is 5.23. The number of amides is 1. The normalized spacial score (nSPS) is 22.7. The zero-order chi connectivity index (χ0) is 15.1. The van der Waals surface area contributed by atoms with E-state index in [1.54, 1.807) is 0 Å². The average molecular weight is 298 g/mol. The number of aliphatic hydroxyl groups is 1. The van der Waals surface area contributed by atoms with Gasteiger partial charge in [0.2, 0.25) is 5.91 Å². The smallest absolute Gasteiger partial charge is 0.222 e. The second-order valence-corrected chi connectivity index (χ2v) is 6.35. The minimum atomic E-state index is -0.425. The second kappa shape index (κ2) is 8.71. The van der Waals surface area contributed by atoms with Gasteiger partial charge in [-0.15, -0.1) is 0 Å². The minimum Gasteiger partial charge on any atom is -0.389 e. The number of carbonyl (C=O) groups is 1. The van der Waals surface area contributed by atoms with Crippen LogP contribution in [0, 0.1) is 5.92 Å². The van der Waals surface area contributed by atoms with Gasteiger partial charge in [0, 0.05) is 45.8 Å². The van der Waals surface area contributed by atoms with Gasteiger partial charge in [-0.05, 0) is 25.7 Å². The largest absolute Gasteiger partial charge is 0.389 e. The molecule has 2 fully saturated rings. The molecule has 2 aliphatic rings. The molecule has 21 heavy (non-hydrogen) atoms. The molecule has 0 aromatic rings. The van der Waals surface area contributed by atoms with Crippen molar-refractivity contribution < 1.29 is 14.6 Å². The summed E-state index contributed by atoms with van der Waals surface area (Å²) in [6.45, 7) is 6.93. The molecule has 0 spiro atoms. The quantitative estimate of drug-likeness (QED) is 0.765.